The summed E-state index contributed by atoms with van der Waals surface area (Å²) in [6, 6.07) is 10.4. The van der Waals surface area contributed by atoms with Crippen LogP contribution in [0.2, 0.25) is 0 Å². The van der Waals surface area contributed by atoms with Crippen molar-refractivity contribution in [2.45, 2.75) is 57.6 Å². The van der Waals surface area contributed by atoms with Gasteiger partial charge in [0.25, 0.3) is 0 Å². The van der Waals surface area contributed by atoms with Crippen LogP contribution in [0.5, 0.6) is 0 Å². The molecule has 0 amide bonds. The lowest BCUT2D eigenvalue weighted by molar-refractivity contribution is 0.00578. The fourth-order valence-electron chi connectivity index (χ4n) is 2.57. The predicted molar refractivity (Wildman–Crippen MR) is 84.7 cm³/mol. The van der Waals surface area contributed by atoms with Crippen molar-refractivity contribution in [2.24, 2.45) is 0 Å². The molecule has 1 fully saturated rings. The molecule has 1 aromatic carbocycles. The van der Waals surface area contributed by atoms with Crippen molar-refractivity contribution in [3.8, 4) is 0 Å². The second-order valence-corrected chi connectivity index (χ2v) is 6.86. The van der Waals surface area contributed by atoms with Crippen molar-refractivity contribution in [2.75, 3.05) is 0 Å². The molecule has 3 heteroatoms. The van der Waals surface area contributed by atoms with E-state index in [1.807, 2.05) is 12.1 Å². The van der Waals surface area contributed by atoms with Crippen molar-refractivity contribution in [3.63, 3.8) is 0 Å². The van der Waals surface area contributed by atoms with Gasteiger partial charge in [-0.05, 0) is 39.7 Å². The number of benzene rings is 1. The fraction of sp³-hybridized carbons (Fsp3) is 0.529. The number of hydrogen-bond donors (Lipinski definition) is 0. The summed E-state index contributed by atoms with van der Waals surface area (Å²) in [6.07, 6.45) is 2.76. The van der Waals surface area contributed by atoms with Crippen molar-refractivity contribution in [3.05, 3.63) is 48.6 Å². The Bertz CT molecular complexity index is 465. The van der Waals surface area contributed by atoms with Gasteiger partial charge in [-0.15, -0.1) is 6.58 Å². The smallest absolute Gasteiger partial charge is 0.403 e. The lowest BCUT2D eigenvalue weighted by Crippen LogP contribution is -2.43. The third-order valence-electron chi connectivity index (χ3n) is 4.78. The first-order valence-electron chi connectivity index (χ1n) is 7.25. The molecule has 2 nitrogen and oxygen atoms in total. The molecule has 0 spiro atoms. The van der Waals surface area contributed by atoms with Crippen LogP contribution < -0.4 is 0 Å². The monoisotopic (exact) mass is 272 g/mol. The van der Waals surface area contributed by atoms with E-state index in [2.05, 4.69) is 65.5 Å². The third kappa shape index (κ3) is 2.45. The number of allylic oxidation sites excluding steroid dienone is 1. The average Bonchev–Trinajstić information content (AvgIpc) is 2.60. The SMILES string of the molecule is C=CC[C@@](C)(B1OC(C)(C)C(C)(C)O1)c1ccccc1. The van der Waals surface area contributed by atoms with Gasteiger partial charge in [0.05, 0.1) is 11.2 Å². The Morgan fingerprint density at radius 3 is 2.05 bits per heavy atom. The van der Waals surface area contributed by atoms with E-state index in [1.165, 1.54) is 5.56 Å². The van der Waals surface area contributed by atoms with Crippen molar-refractivity contribution in [1.29, 1.82) is 0 Å². The van der Waals surface area contributed by atoms with Gasteiger partial charge < -0.3 is 9.31 Å². The Labute approximate surface area is 123 Å². The maximum atomic E-state index is 6.27. The van der Waals surface area contributed by atoms with E-state index in [0.717, 1.165) is 6.42 Å². The molecule has 0 N–H and O–H groups in total. The highest BCUT2D eigenvalue weighted by Gasteiger charge is 2.57. The summed E-state index contributed by atoms with van der Waals surface area (Å²) >= 11 is 0. The van der Waals surface area contributed by atoms with E-state index >= 15 is 0 Å². The molecule has 1 aliphatic rings. The molecule has 0 saturated carbocycles. The molecule has 1 aliphatic heterocycles. The van der Waals surface area contributed by atoms with Crippen molar-refractivity contribution >= 4 is 7.12 Å². The van der Waals surface area contributed by atoms with Gasteiger partial charge in [-0.3, -0.25) is 0 Å². The lowest BCUT2D eigenvalue weighted by atomic mass is 9.53. The summed E-state index contributed by atoms with van der Waals surface area (Å²) in [4.78, 5) is 0. The first kappa shape index (κ1) is 15.3. The number of rotatable bonds is 4. The van der Waals surface area contributed by atoms with E-state index in [0.29, 0.717) is 0 Å². The summed E-state index contributed by atoms with van der Waals surface area (Å²) in [5.74, 6) is 0. The molecule has 0 unspecified atom stereocenters. The van der Waals surface area contributed by atoms with Crippen LogP contribution in [-0.2, 0) is 14.6 Å². The Morgan fingerprint density at radius 1 is 1.10 bits per heavy atom. The maximum Gasteiger partial charge on any atom is 0.469 e. The fourth-order valence-corrected chi connectivity index (χ4v) is 2.57. The van der Waals surface area contributed by atoms with Crippen LogP contribution >= 0.6 is 0 Å². The molecule has 0 aliphatic carbocycles. The van der Waals surface area contributed by atoms with Gasteiger partial charge in [0.2, 0.25) is 0 Å². The van der Waals surface area contributed by atoms with Gasteiger partial charge in [-0.1, -0.05) is 43.3 Å². The van der Waals surface area contributed by atoms with E-state index < -0.39 is 0 Å². The molecule has 1 saturated heterocycles. The summed E-state index contributed by atoms with van der Waals surface area (Å²) in [6.45, 7) is 14.4. The minimum absolute atomic E-state index is 0.228. The molecule has 1 atom stereocenters. The first-order valence-corrected chi connectivity index (χ1v) is 7.25. The normalized spacial score (nSPS) is 23.4. The highest BCUT2D eigenvalue weighted by atomic mass is 16.7. The van der Waals surface area contributed by atoms with E-state index in [9.17, 15) is 0 Å². The largest absolute Gasteiger partial charge is 0.469 e. The Hall–Kier alpha value is -1.06. The zero-order valence-corrected chi connectivity index (χ0v) is 13.3. The molecule has 108 valence electrons. The van der Waals surface area contributed by atoms with Gasteiger partial charge in [-0.2, -0.15) is 0 Å². The van der Waals surface area contributed by atoms with Crippen LogP contribution in [0.1, 0.15) is 46.6 Å². The maximum absolute atomic E-state index is 6.27. The van der Waals surface area contributed by atoms with Gasteiger partial charge >= 0.3 is 7.12 Å². The molecule has 1 aromatic rings. The summed E-state index contributed by atoms with van der Waals surface area (Å²) in [5.41, 5.74) is 0.599. The molecule has 0 bridgehead atoms. The second kappa shape index (κ2) is 5.05. The summed E-state index contributed by atoms with van der Waals surface area (Å²) < 4.78 is 12.5. The minimum atomic E-state index is -0.311. The van der Waals surface area contributed by atoms with Crippen LogP contribution in [0.4, 0.5) is 0 Å². The minimum Gasteiger partial charge on any atom is -0.403 e. The lowest BCUT2D eigenvalue weighted by Gasteiger charge is -2.32. The van der Waals surface area contributed by atoms with Gasteiger partial charge in [-0.25, -0.2) is 0 Å². The van der Waals surface area contributed by atoms with E-state index in [1.54, 1.807) is 0 Å². The Morgan fingerprint density at radius 2 is 1.60 bits per heavy atom. The second-order valence-electron chi connectivity index (χ2n) is 6.86. The molecular formula is C17H25BO2. The first-order chi connectivity index (χ1) is 9.23. The highest BCUT2D eigenvalue weighted by Crippen LogP contribution is 2.44. The Kier molecular flexibility index (Phi) is 3.87. The van der Waals surface area contributed by atoms with E-state index in [4.69, 9.17) is 9.31 Å². The molecule has 20 heavy (non-hydrogen) atoms. The molecule has 0 aromatic heterocycles. The van der Waals surface area contributed by atoms with Crippen molar-refractivity contribution in [1.82, 2.24) is 0 Å². The van der Waals surface area contributed by atoms with Gasteiger partial charge in [0.1, 0.15) is 0 Å². The van der Waals surface area contributed by atoms with Crippen LogP contribution in [0, 0.1) is 0 Å². The van der Waals surface area contributed by atoms with Crippen LogP contribution in [0.25, 0.3) is 0 Å². The summed E-state index contributed by atoms with van der Waals surface area (Å²) in [7, 11) is -0.270. The van der Waals surface area contributed by atoms with Crippen LogP contribution in [-0.4, -0.2) is 18.3 Å². The predicted octanol–water partition coefficient (Wildman–Crippen LogP) is 4.15. The molecule has 0 radical (unpaired) electrons. The van der Waals surface area contributed by atoms with Crippen molar-refractivity contribution < 1.29 is 9.31 Å². The van der Waals surface area contributed by atoms with Gasteiger partial charge in [0.15, 0.2) is 0 Å². The summed E-state index contributed by atoms with van der Waals surface area (Å²) in [5, 5.41) is -0.228. The number of hydrogen-bond acceptors (Lipinski definition) is 2. The molecular weight excluding hydrogens is 247 g/mol. The quantitative estimate of drug-likeness (QED) is 0.605. The molecule has 2 rings (SSSR count). The van der Waals surface area contributed by atoms with Crippen LogP contribution in [0.15, 0.2) is 43.0 Å². The zero-order chi connectivity index (χ0) is 15.0. The molecule has 1 heterocycles. The standard InChI is InChI=1S/C17H25BO2/c1-7-13-17(6,14-11-9-8-10-12-14)18-19-15(2,3)16(4,5)20-18/h7-12H,1,13H2,2-6H3/t17-/m1/s1. The van der Waals surface area contributed by atoms with E-state index in [-0.39, 0.29) is 23.6 Å². The zero-order valence-electron chi connectivity index (χ0n) is 13.3. The average molecular weight is 272 g/mol. The van der Waals surface area contributed by atoms with Gasteiger partial charge in [0, 0.05) is 5.31 Å². The Balaban J connectivity index is 2.38. The topological polar surface area (TPSA) is 18.5 Å². The van der Waals surface area contributed by atoms with Crippen LogP contribution in [0.3, 0.4) is 0 Å². The highest BCUT2D eigenvalue weighted by molar-refractivity contribution is 6.49. The third-order valence-corrected chi connectivity index (χ3v) is 4.78.